The Hall–Kier alpha value is -2.67. The molecule has 0 bridgehead atoms. The first kappa shape index (κ1) is 17.7. The van der Waals surface area contributed by atoms with E-state index in [1.165, 1.54) is 17.4 Å². The first-order valence-corrected chi connectivity index (χ1v) is 9.71. The molecular formula is C20H20FN3O2S. The van der Waals surface area contributed by atoms with Gasteiger partial charge in [-0.05, 0) is 31.2 Å². The van der Waals surface area contributed by atoms with E-state index < -0.39 is 0 Å². The van der Waals surface area contributed by atoms with Crippen LogP contribution >= 0.6 is 11.3 Å². The third-order valence-electron chi connectivity index (χ3n) is 4.91. The minimum absolute atomic E-state index is 0.0533. The zero-order valence-electron chi connectivity index (χ0n) is 15.2. The molecule has 0 spiro atoms. The number of hydrogen-bond acceptors (Lipinski definition) is 5. The van der Waals surface area contributed by atoms with Gasteiger partial charge in [-0.15, -0.1) is 11.3 Å². The van der Waals surface area contributed by atoms with Crippen molar-refractivity contribution in [2.45, 2.75) is 6.92 Å². The second-order valence-corrected chi connectivity index (χ2v) is 7.42. The lowest BCUT2D eigenvalue weighted by molar-refractivity contribution is -0.123. The number of amides is 1. The van der Waals surface area contributed by atoms with Crippen molar-refractivity contribution in [2.24, 2.45) is 5.92 Å². The molecule has 1 aromatic carbocycles. The predicted octanol–water partition coefficient (Wildman–Crippen LogP) is 3.93. The van der Waals surface area contributed by atoms with Crippen LogP contribution in [0.15, 0.2) is 41.9 Å². The number of rotatable bonds is 5. The lowest BCUT2D eigenvalue weighted by atomic mass is 9.97. The molecule has 0 aliphatic carbocycles. The number of hydrogen-bond donors (Lipinski definition) is 0. The maximum absolute atomic E-state index is 13.4. The van der Waals surface area contributed by atoms with Crippen LogP contribution < -0.4 is 14.5 Å². The first-order chi connectivity index (χ1) is 13.1. The molecule has 3 heterocycles. The Bertz CT molecular complexity index is 967. The molecule has 3 aromatic rings. The van der Waals surface area contributed by atoms with Crippen molar-refractivity contribution >= 4 is 38.7 Å². The number of fused-ring (bicyclic) bond motifs is 1. The highest BCUT2D eigenvalue weighted by atomic mass is 32.1. The second-order valence-electron chi connectivity index (χ2n) is 6.50. The van der Waals surface area contributed by atoms with Crippen LogP contribution in [-0.2, 0) is 4.79 Å². The molecule has 1 amide bonds. The van der Waals surface area contributed by atoms with E-state index in [4.69, 9.17) is 4.74 Å². The van der Waals surface area contributed by atoms with E-state index in [0.29, 0.717) is 25.5 Å². The van der Waals surface area contributed by atoms with Gasteiger partial charge in [0.1, 0.15) is 5.82 Å². The van der Waals surface area contributed by atoms with Crippen LogP contribution in [0.25, 0.3) is 10.1 Å². The van der Waals surface area contributed by atoms with E-state index in [1.54, 1.807) is 30.3 Å². The number of anilines is 2. The van der Waals surface area contributed by atoms with Crippen LogP contribution in [-0.4, -0.2) is 37.6 Å². The fourth-order valence-electron chi connectivity index (χ4n) is 3.40. The van der Waals surface area contributed by atoms with Gasteiger partial charge >= 0.3 is 0 Å². The van der Waals surface area contributed by atoms with Gasteiger partial charge in [-0.25, -0.2) is 9.37 Å². The molecule has 2 aromatic heterocycles. The minimum Gasteiger partial charge on any atom is -0.481 e. The molecule has 7 heteroatoms. The van der Waals surface area contributed by atoms with E-state index in [-0.39, 0.29) is 17.6 Å². The Morgan fingerprint density at radius 1 is 1.37 bits per heavy atom. The van der Waals surface area contributed by atoms with Crippen LogP contribution in [0.1, 0.15) is 6.92 Å². The van der Waals surface area contributed by atoms with E-state index in [0.717, 1.165) is 21.5 Å². The third-order valence-corrected chi connectivity index (χ3v) is 5.85. The van der Waals surface area contributed by atoms with Crippen molar-refractivity contribution in [1.82, 2.24) is 4.98 Å². The first-order valence-electron chi connectivity index (χ1n) is 8.83. The molecule has 0 radical (unpaired) electrons. The van der Waals surface area contributed by atoms with Gasteiger partial charge in [0.25, 0.3) is 0 Å². The summed E-state index contributed by atoms with van der Waals surface area (Å²) in [5, 5.41) is 3.08. The topological polar surface area (TPSA) is 45.7 Å². The van der Waals surface area contributed by atoms with Crippen molar-refractivity contribution in [2.75, 3.05) is 36.5 Å². The molecule has 27 heavy (non-hydrogen) atoms. The third kappa shape index (κ3) is 3.23. The normalized spacial score (nSPS) is 14.3. The Balaban J connectivity index is 1.46. The molecule has 4 rings (SSSR count). The van der Waals surface area contributed by atoms with Crippen molar-refractivity contribution in [3.8, 4) is 5.88 Å². The van der Waals surface area contributed by atoms with Gasteiger partial charge in [-0.2, -0.15) is 0 Å². The maximum atomic E-state index is 13.4. The molecule has 1 aliphatic rings. The summed E-state index contributed by atoms with van der Waals surface area (Å²) in [5.41, 5.74) is 1.85. The van der Waals surface area contributed by atoms with Gasteiger partial charge in [0.2, 0.25) is 11.8 Å². The summed E-state index contributed by atoms with van der Waals surface area (Å²) in [5.74, 6) is 0.353. The Morgan fingerprint density at radius 2 is 2.19 bits per heavy atom. The van der Waals surface area contributed by atoms with Gasteiger partial charge in [-0.3, -0.25) is 4.79 Å². The quantitative estimate of drug-likeness (QED) is 0.668. The Labute approximate surface area is 161 Å². The van der Waals surface area contributed by atoms with E-state index in [2.05, 4.69) is 9.88 Å². The van der Waals surface area contributed by atoms with E-state index >= 15 is 0 Å². The number of halogens is 1. The zero-order valence-corrected chi connectivity index (χ0v) is 16.0. The average Bonchev–Trinajstić information content (AvgIpc) is 3.04. The summed E-state index contributed by atoms with van der Waals surface area (Å²) in [4.78, 5) is 21.1. The molecule has 0 saturated carbocycles. The highest BCUT2D eigenvalue weighted by molar-refractivity contribution is 7.17. The number of benzene rings is 1. The van der Waals surface area contributed by atoms with Gasteiger partial charge in [0.05, 0.1) is 30.6 Å². The molecule has 0 unspecified atom stereocenters. The molecule has 1 fully saturated rings. The summed E-state index contributed by atoms with van der Waals surface area (Å²) in [6, 6.07) is 8.46. The van der Waals surface area contributed by atoms with Gasteiger partial charge < -0.3 is 14.5 Å². The molecule has 140 valence electrons. The van der Waals surface area contributed by atoms with Crippen LogP contribution in [0.2, 0.25) is 0 Å². The van der Waals surface area contributed by atoms with Crippen molar-refractivity contribution in [3.05, 3.63) is 47.7 Å². The van der Waals surface area contributed by atoms with Crippen molar-refractivity contribution in [3.63, 3.8) is 0 Å². The number of thiophene rings is 1. The van der Waals surface area contributed by atoms with Crippen LogP contribution in [0, 0.1) is 11.7 Å². The molecule has 1 aliphatic heterocycles. The van der Waals surface area contributed by atoms with Crippen LogP contribution in [0.5, 0.6) is 5.88 Å². The largest absolute Gasteiger partial charge is 0.481 e. The Morgan fingerprint density at radius 3 is 2.85 bits per heavy atom. The number of pyridine rings is 1. The number of methoxy groups -OCH3 is 1. The van der Waals surface area contributed by atoms with Gasteiger partial charge in [-0.1, -0.05) is 0 Å². The van der Waals surface area contributed by atoms with Crippen molar-refractivity contribution < 1.29 is 13.9 Å². The summed E-state index contributed by atoms with van der Waals surface area (Å²) in [6.07, 6.45) is 1.66. The molecule has 0 N–H and O–H groups in total. The van der Waals surface area contributed by atoms with Crippen LogP contribution in [0.4, 0.5) is 15.8 Å². The lowest BCUT2D eigenvalue weighted by Crippen LogP contribution is -2.54. The van der Waals surface area contributed by atoms with E-state index in [1.807, 2.05) is 24.4 Å². The number of aromatic nitrogens is 1. The van der Waals surface area contributed by atoms with E-state index in [9.17, 15) is 9.18 Å². The number of carbonyl (C=O) groups excluding carboxylic acids is 1. The van der Waals surface area contributed by atoms with Crippen molar-refractivity contribution in [1.29, 1.82) is 0 Å². The molecular weight excluding hydrogens is 365 g/mol. The predicted molar refractivity (Wildman–Crippen MR) is 106 cm³/mol. The summed E-state index contributed by atoms with van der Waals surface area (Å²) in [7, 11) is 1.57. The number of nitrogens with zero attached hydrogens (tertiary/aromatic N) is 3. The smallest absolute Gasteiger partial charge is 0.233 e. The summed E-state index contributed by atoms with van der Waals surface area (Å²) < 4.78 is 19.4. The zero-order chi connectivity index (χ0) is 19.0. The summed E-state index contributed by atoms with van der Waals surface area (Å²) >= 11 is 1.53. The standard InChI is InChI=1S/C20H20FN3O2S/c1-3-24(15-5-7-19(26-2)22-9-15)20(25)13-10-23(11-13)17-12-27-18-8-14(21)4-6-16(17)18/h4-9,12-13H,3,10-11H2,1-2H3. The molecule has 5 nitrogen and oxygen atoms in total. The fraction of sp³-hybridized carbons (Fsp3) is 0.300. The molecule has 1 saturated heterocycles. The lowest BCUT2D eigenvalue weighted by Gasteiger charge is -2.41. The Kier molecular flexibility index (Phi) is 4.70. The second kappa shape index (κ2) is 7.15. The average molecular weight is 385 g/mol. The maximum Gasteiger partial charge on any atom is 0.233 e. The molecule has 0 atom stereocenters. The minimum atomic E-state index is -0.223. The summed E-state index contributed by atoms with van der Waals surface area (Å²) in [6.45, 7) is 3.88. The fourth-order valence-corrected chi connectivity index (χ4v) is 4.40. The van der Waals surface area contributed by atoms with Gasteiger partial charge in [0.15, 0.2) is 0 Å². The monoisotopic (exact) mass is 385 g/mol. The number of ether oxygens (including phenoxy) is 1. The highest BCUT2D eigenvalue weighted by Gasteiger charge is 2.36. The SMILES string of the molecule is CCN(C(=O)C1CN(c2csc3cc(F)ccc23)C1)c1ccc(OC)nc1. The van der Waals surface area contributed by atoms with Gasteiger partial charge in [0, 0.05) is 41.2 Å². The number of carbonyl (C=O) groups is 1. The van der Waals surface area contributed by atoms with Crippen LogP contribution in [0.3, 0.4) is 0 Å². The highest BCUT2D eigenvalue weighted by Crippen LogP contribution is 2.37.